The van der Waals surface area contributed by atoms with E-state index in [1.165, 1.54) is 0 Å². The zero-order valence-corrected chi connectivity index (χ0v) is 8.85. The summed E-state index contributed by atoms with van der Waals surface area (Å²) >= 11 is 0. The Labute approximate surface area is 101 Å². The number of hydrogen-bond acceptors (Lipinski definition) is 5. The van der Waals surface area contributed by atoms with Crippen LogP contribution in [0.4, 0.5) is 19.0 Å². The Balaban J connectivity index is 3.37. The monoisotopic (exact) mass is 282 g/mol. The van der Waals surface area contributed by atoms with Crippen LogP contribution in [0.5, 0.6) is 5.75 Å². The maximum Gasteiger partial charge on any atom is 0.573 e. The van der Waals surface area contributed by atoms with E-state index in [0.29, 0.717) is 6.20 Å². The molecule has 2 N–H and O–H groups in total. The number of aliphatic carboxylic acids is 1. The minimum absolute atomic E-state index is 0.347. The summed E-state index contributed by atoms with van der Waals surface area (Å²) in [4.78, 5) is 33.2. The minimum Gasteiger partial charge on any atom is -0.481 e. The number of nitrogens with zero attached hydrogens (tertiary/aromatic N) is 1. The Hall–Kier alpha value is -2.59. The molecular formula is C8H5F3N2O6. The van der Waals surface area contributed by atoms with Gasteiger partial charge in [0.15, 0.2) is 0 Å². The van der Waals surface area contributed by atoms with Crippen molar-refractivity contribution in [1.82, 2.24) is 4.98 Å². The van der Waals surface area contributed by atoms with Crippen molar-refractivity contribution < 1.29 is 32.7 Å². The van der Waals surface area contributed by atoms with Gasteiger partial charge in [0.25, 0.3) is 0 Å². The Bertz CT molecular complexity index is 579. The summed E-state index contributed by atoms with van der Waals surface area (Å²) in [5, 5.41) is 19.0. The number of carboxylic acids is 1. The normalized spacial score (nSPS) is 11.1. The summed E-state index contributed by atoms with van der Waals surface area (Å²) in [6, 6.07) is 0. The Morgan fingerprint density at radius 1 is 1.53 bits per heavy atom. The van der Waals surface area contributed by atoms with Crippen molar-refractivity contribution >= 4 is 11.8 Å². The van der Waals surface area contributed by atoms with Crippen molar-refractivity contribution in [1.29, 1.82) is 0 Å². The average molecular weight is 282 g/mol. The maximum absolute atomic E-state index is 11.9. The predicted molar refractivity (Wildman–Crippen MR) is 51.7 cm³/mol. The molecule has 0 unspecified atom stereocenters. The number of aromatic amines is 1. The fourth-order valence-electron chi connectivity index (χ4n) is 1.22. The molecule has 8 nitrogen and oxygen atoms in total. The number of carbonyl (C=O) groups is 1. The highest BCUT2D eigenvalue weighted by molar-refractivity contribution is 5.71. The lowest BCUT2D eigenvalue weighted by molar-refractivity contribution is -0.390. The molecule has 0 aliphatic carbocycles. The van der Waals surface area contributed by atoms with Gasteiger partial charge in [-0.25, -0.2) is 4.98 Å². The minimum atomic E-state index is -5.18. The van der Waals surface area contributed by atoms with Crippen molar-refractivity contribution in [2.75, 3.05) is 0 Å². The first-order valence-electron chi connectivity index (χ1n) is 4.48. The second-order valence-electron chi connectivity index (χ2n) is 3.18. The molecule has 0 aliphatic heterocycles. The van der Waals surface area contributed by atoms with Crippen LogP contribution >= 0.6 is 0 Å². The van der Waals surface area contributed by atoms with Gasteiger partial charge >= 0.3 is 18.1 Å². The van der Waals surface area contributed by atoms with Gasteiger partial charge in [-0.15, -0.1) is 13.2 Å². The second-order valence-corrected chi connectivity index (χ2v) is 3.18. The first kappa shape index (κ1) is 14.5. The molecule has 0 atom stereocenters. The van der Waals surface area contributed by atoms with E-state index in [-0.39, 0.29) is 0 Å². The molecule has 0 aromatic carbocycles. The highest BCUT2D eigenvalue weighted by atomic mass is 19.4. The summed E-state index contributed by atoms with van der Waals surface area (Å²) in [6.45, 7) is 0. The molecule has 0 saturated carbocycles. The van der Waals surface area contributed by atoms with Gasteiger partial charge in [-0.2, -0.15) is 0 Å². The van der Waals surface area contributed by atoms with E-state index < -0.39 is 46.2 Å². The van der Waals surface area contributed by atoms with Crippen LogP contribution in [0, 0.1) is 10.1 Å². The summed E-state index contributed by atoms with van der Waals surface area (Å²) in [5.41, 5.74) is -2.44. The van der Waals surface area contributed by atoms with Gasteiger partial charge in [0.2, 0.25) is 11.2 Å². The van der Waals surface area contributed by atoms with Gasteiger partial charge in [0.05, 0.1) is 6.42 Å². The molecule has 104 valence electrons. The van der Waals surface area contributed by atoms with Crippen molar-refractivity contribution in [3.8, 4) is 5.75 Å². The highest BCUT2D eigenvalue weighted by Crippen LogP contribution is 2.22. The Morgan fingerprint density at radius 3 is 2.53 bits per heavy atom. The van der Waals surface area contributed by atoms with Gasteiger partial charge in [-0.1, -0.05) is 0 Å². The largest absolute Gasteiger partial charge is 0.573 e. The van der Waals surface area contributed by atoms with Crippen LogP contribution in [0.3, 0.4) is 0 Å². The summed E-state index contributed by atoms with van der Waals surface area (Å²) in [6.07, 6.45) is -5.94. The third-order valence-electron chi connectivity index (χ3n) is 1.86. The maximum atomic E-state index is 11.9. The lowest BCUT2D eigenvalue weighted by atomic mass is 10.2. The molecule has 1 rings (SSSR count). The SMILES string of the molecule is O=C(O)Cc1c([N+](=O)[O-])[nH]cc(OC(F)(F)F)c1=O. The van der Waals surface area contributed by atoms with Crippen LogP contribution in [0.1, 0.15) is 5.56 Å². The predicted octanol–water partition coefficient (Wildman–Crippen LogP) is 0.809. The number of rotatable bonds is 4. The number of hydrogen-bond donors (Lipinski definition) is 2. The third-order valence-corrected chi connectivity index (χ3v) is 1.86. The van der Waals surface area contributed by atoms with Gasteiger partial charge in [0.1, 0.15) is 11.8 Å². The lowest BCUT2D eigenvalue weighted by Gasteiger charge is -2.08. The molecule has 1 aromatic heterocycles. The van der Waals surface area contributed by atoms with E-state index in [1.54, 1.807) is 4.98 Å². The summed E-state index contributed by atoms with van der Waals surface area (Å²) in [5.74, 6) is -3.88. The van der Waals surface area contributed by atoms with E-state index in [1.807, 2.05) is 0 Å². The zero-order chi connectivity index (χ0) is 14.8. The van der Waals surface area contributed by atoms with E-state index in [0.717, 1.165) is 0 Å². The van der Waals surface area contributed by atoms with Crippen molar-refractivity contribution in [2.24, 2.45) is 0 Å². The first-order valence-corrected chi connectivity index (χ1v) is 4.48. The fraction of sp³-hybridized carbons (Fsp3) is 0.250. The standard InChI is InChI=1S/C8H5F3N2O6/c9-8(10,11)19-4-2-12-7(13(17)18)3(6(4)16)1-5(14)15/h2H,1H2,(H,12,16)(H,14,15). The summed E-state index contributed by atoms with van der Waals surface area (Å²) < 4.78 is 39.2. The number of H-pyrrole nitrogens is 1. The molecular weight excluding hydrogens is 277 g/mol. The van der Waals surface area contributed by atoms with E-state index >= 15 is 0 Å². The third kappa shape index (κ3) is 3.69. The van der Waals surface area contributed by atoms with Crippen LogP contribution in [-0.4, -0.2) is 27.3 Å². The fourth-order valence-corrected chi connectivity index (χ4v) is 1.22. The van der Waals surface area contributed by atoms with E-state index in [9.17, 15) is 32.9 Å². The van der Waals surface area contributed by atoms with Crippen LogP contribution in [0.25, 0.3) is 0 Å². The first-order chi connectivity index (χ1) is 8.61. The van der Waals surface area contributed by atoms with Gasteiger partial charge < -0.3 is 20.0 Å². The molecule has 1 aromatic rings. The van der Waals surface area contributed by atoms with Crippen LogP contribution in [0.2, 0.25) is 0 Å². The molecule has 0 fully saturated rings. The quantitative estimate of drug-likeness (QED) is 0.622. The summed E-state index contributed by atoms with van der Waals surface area (Å²) in [7, 11) is 0. The number of alkyl halides is 3. The van der Waals surface area contributed by atoms with E-state index in [4.69, 9.17) is 5.11 Å². The molecule has 0 bridgehead atoms. The van der Waals surface area contributed by atoms with Crippen molar-refractivity contribution in [3.05, 3.63) is 32.1 Å². The number of nitro groups is 1. The molecule has 19 heavy (non-hydrogen) atoms. The number of aromatic nitrogens is 1. The number of nitrogens with one attached hydrogen (secondary N) is 1. The highest BCUT2D eigenvalue weighted by Gasteiger charge is 2.34. The Morgan fingerprint density at radius 2 is 2.11 bits per heavy atom. The van der Waals surface area contributed by atoms with E-state index in [2.05, 4.69) is 4.74 Å². The van der Waals surface area contributed by atoms with Crippen LogP contribution < -0.4 is 10.2 Å². The molecule has 0 amide bonds. The smallest absolute Gasteiger partial charge is 0.481 e. The number of pyridine rings is 1. The zero-order valence-electron chi connectivity index (χ0n) is 8.85. The number of carboxylic acid groups (broad SMARTS) is 1. The van der Waals surface area contributed by atoms with Gasteiger partial charge in [0, 0.05) is 0 Å². The number of ether oxygens (including phenoxy) is 1. The molecule has 1 heterocycles. The molecule has 0 saturated heterocycles. The number of halogens is 3. The second kappa shape index (κ2) is 4.96. The van der Waals surface area contributed by atoms with Crippen molar-refractivity contribution in [2.45, 2.75) is 12.8 Å². The van der Waals surface area contributed by atoms with Gasteiger partial charge in [-0.3, -0.25) is 9.59 Å². The molecule has 0 spiro atoms. The van der Waals surface area contributed by atoms with Crippen LogP contribution in [-0.2, 0) is 11.2 Å². The molecule has 0 radical (unpaired) electrons. The topological polar surface area (TPSA) is 123 Å². The average Bonchev–Trinajstić information content (AvgIpc) is 2.21. The lowest BCUT2D eigenvalue weighted by Crippen LogP contribution is -2.25. The van der Waals surface area contributed by atoms with Gasteiger partial charge in [-0.05, 0) is 4.92 Å². The Kier molecular flexibility index (Phi) is 3.77. The molecule has 11 heteroatoms. The molecule has 0 aliphatic rings. The van der Waals surface area contributed by atoms with Crippen molar-refractivity contribution in [3.63, 3.8) is 0 Å². The van der Waals surface area contributed by atoms with Crippen LogP contribution in [0.15, 0.2) is 11.0 Å².